The lowest BCUT2D eigenvalue weighted by Crippen LogP contribution is -2.50. The third kappa shape index (κ3) is 5.04. The molecule has 0 bridgehead atoms. The maximum atomic E-state index is 12.3. The Hall–Kier alpha value is -1.92. The maximum absolute atomic E-state index is 12.3. The molecule has 2 rings (SSSR count). The van der Waals surface area contributed by atoms with Crippen LogP contribution in [0.1, 0.15) is 24.0 Å². The predicted octanol–water partition coefficient (Wildman–Crippen LogP) is 1.13. The Bertz CT molecular complexity index is 580. The molecule has 0 spiro atoms. The summed E-state index contributed by atoms with van der Waals surface area (Å²) in [4.78, 5) is 28.2. The van der Waals surface area contributed by atoms with E-state index in [2.05, 4.69) is 10.2 Å². The molecule has 0 radical (unpaired) electrons. The van der Waals surface area contributed by atoms with Crippen LogP contribution < -0.4 is 11.1 Å². The van der Waals surface area contributed by atoms with Crippen molar-refractivity contribution in [2.75, 3.05) is 44.6 Å². The van der Waals surface area contributed by atoms with Gasteiger partial charge in [0.1, 0.15) is 0 Å². The molecule has 1 fully saturated rings. The number of hydrogen-bond donors (Lipinski definition) is 2. The summed E-state index contributed by atoms with van der Waals surface area (Å²) in [5.74, 6) is 0.159. The Morgan fingerprint density at radius 3 is 2.54 bits per heavy atom. The van der Waals surface area contributed by atoms with Crippen LogP contribution in [0.2, 0.25) is 0 Å². The molecule has 1 saturated heterocycles. The van der Waals surface area contributed by atoms with Gasteiger partial charge in [-0.1, -0.05) is 12.1 Å². The first-order chi connectivity index (χ1) is 11.5. The van der Waals surface area contributed by atoms with Gasteiger partial charge in [-0.2, -0.15) is 0 Å². The maximum Gasteiger partial charge on any atom is 0.238 e. The van der Waals surface area contributed by atoms with Crippen LogP contribution >= 0.6 is 0 Å². The third-order valence-electron chi connectivity index (χ3n) is 4.57. The zero-order valence-electron chi connectivity index (χ0n) is 14.7. The van der Waals surface area contributed by atoms with E-state index in [4.69, 9.17) is 5.73 Å². The van der Waals surface area contributed by atoms with Crippen molar-refractivity contribution in [2.24, 2.45) is 5.73 Å². The lowest BCUT2D eigenvalue weighted by molar-refractivity contribution is -0.133. The van der Waals surface area contributed by atoms with Crippen LogP contribution in [0.15, 0.2) is 18.2 Å². The highest BCUT2D eigenvalue weighted by Crippen LogP contribution is 2.18. The molecule has 1 heterocycles. The van der Waals surface area contributed by atoms with E-state index in [0.717, 1.165) is 36.3 Å². The molecule has 1 aliphatic rings. The number of aryl methyl sites for hydroxylation is 1. The second kappa shape index (κ2) is 8.80. The van der Waals surface area contributed by atoms with Gasteiger partial charge in [0.2, 0.25) is 11.8 Å². The first-order valence-electron chi connectivity index (χ1n) is 8.57. The van der Waals surface area contributed by atoms with E-state index in [1.165, 1.54) is 0 Å². The molecule has 24 heavy (non-hydrogen) atoms. The van der Waals surface area contributed by atoms with Gasteiger partial charge in [-0.15, -0.1) is 0 Å². The fourth-order valence-corrected chi connectivity index (χ4v) is 2.85. The molecular weight excluding hydrogens is 304 g/mol. The smallest absolute Gasteiger partial charge is 0.238 e. The van der Waals surface area contributed by atoms with Crippen LogP contribution in [0, 0.1) is 13.8 Å². The Kier molecular flexibility index (Phi) is 6.75. The lowest BCUT2D eigenvalue weighted by Gasteiger charge is -2.34. The van der Waals surface area contributed by atoms with E-state index in [0.29, 0.717) is 32.6 Å². The molecule has 6 heteroatoms. The minimum absolute atomic E-state index is 0.00777. The summed E-state index contributed by atoms with van der Waals surface area (Å²) >= 11 is 0. The molecule has 3 N–H and O–H groups in total. The van der Waals surface area contributed by atoms with Gasteiger partial charge in [-0.3, -0.25) is 14.5 Å². The highest BCUT2D eigenvalue weighted by molar-refractivity contribution is 5.93. The quantitative estimate of drug-likeness (QED) is 0.818. The molecule has 1 aromatic carbocycles. The number of nitrogens with two attached hydrogens (primary N) is 1. The summed E-state index contributed by atoms with van der Waals surface area (Å²) in [6.45, 7) is 7.77. The number of anilines is 1. The number of benzene rings is 1. The van der Waals surface area contributed by atoms with Crippen molar-refractivity contribution >= 4 is 17.5 Å². The van der Waals surface area contributed by atoms with E-state index < -0.39 is 0 Å². The summed E-state index contributed by atoms with van der Waals surface area (Å²) in [6, 6.07) is 5.91. The Morgan fingerprint density at radius 1 is 1.17 bits per heavy atom. The first-order valence-corrected chi connectivity index (χ1v) is 8.57. The van der Waals surface area contributed by atoms with E-state index >= 15 is 0 Å². The predicted molar refractivity (Wildman–Crippen MR) is 95.9 cm³/mol. The lowest BCUT2D eigenvalue weighted by atomic mass is 10.1. The van der Waals surface area contributed by atoms with Gasteiger partial charge in [0.15, 0.2) is 0 Å². The van der Waals surface area contributed by atoms with Crippen LogP contribution in [0.3, 0.4) is 0 Å². The first kappa shape index (κ1) is 18.4. The zero-order valence-corrected chi connectivity index (χ0v) is 14.7. The van der Waals surface area contributed by atoms with Gasteiger partial charge in [-0.05, 0) is 44.0 Å². The topological polar surface area (TPSA) is 78.7 Å². The fourth-order valence-electron chi connectivity index (χ4n) is 2.85. The van der Waals surface area contributed by atoms with Gasteiger partial charge in [-0.25, -0.2) is 0 Å². The molecule has 0 unspecified atom stereocenters. The molecule has 0 aliphatic carbocycles. The number of hydrogen-bond acceptors (Lipinski definition) is 4. The van der Waals surface area contributed by atoms with E-state index in [9.17, 15) is 9.59 Å². The van der Waals surface area contributed by atoms with E-state index in [1.807, 2.05) is 36.9 Å². The Balaban J connectivity index is 1.78. The van der Waals surface area contributed by atoms with Crippen molar-refractivity contribution in [1.82, 2.24) is 9.80 Å². The molecule has 1 aliphatic heterocycles. The van der Waals surface area contributed by atoms with Crippen LogP contribution in [-0.2, 0) is 9.59 Å². The number of piperazine rings is 1. The van der Waals surface area contributed by atoms with Gasteiger partial charge >= 0.3 is 0 Å². The van der Waals surface area contributed by atoms with Crippen LogP contribution in [0.4, 0.5) is 5.69 Å². The number of carbonyl (C=O) groups excluding carboxylic acids is 2. The average Bonchev–Trinajstić information content (AvgIpc) is 2.57. The SMILES string of the molecule is Cc1cccc(NC(=O)CN2CCN(C(=O)CCCN)CC2)c1C. The normalized spacial score (nSPS) is 15.4. The van der Waals surface area contributed by atoms with Crippen molar-refractivity contribution < 1.29 is 9.59 Å². The number of carbonyl (C=O) groups is 2. The summed E-state index contributed by atoms with van der Waals surface area (Å²) < 4.78 is 0. The minimum Gasteiger partial charge on any atom is -0.340 e. The van der Waals surface area contributed by atoms with Crippen molar-refractivity contribution in [3.63, 3.8) is 0 Å². The second-order valence-electron chi connectivity index (χ2n) is 6.34. The highest BCUT2D eigenvalue weighted by Gasteiger charge is 2.22. The molecule has 1 aromatic rings. The number of nitrogens with zero attached hydrogens (tertiary/aromatic N) is 2. The standard InChI is InChI=1S/C18H28N4O2/c1-14-5-3-6-16(15(14)2)20-17(23)13-21-9-11-22(12-10-21)18(24)7-4-8-19/h3,5-6H,4,7-13,19H2,1-2H3,(H,20,23). The molecule has 6 nitrogen and oxygen atoms in total. The van der Waals surface area contributed by atoms with E-state index in [-0.39, 0.29) is 11.8 Å². The molecular formula is C18H28N4O2. The fraction of sp³-hybridized carbons (Fsp3) is 0.556. The number of amides is 2. The minimum atomic E-state index is -0.00777. The highest BCUT2D eigenvalue weighted by atomic mass is 16.2. The number of rotatable bonds is 6. The monoisotopic (exact) mass is 332 g/mol. The zero-order chi connectivity index (χ0) is 17.5. The number of nitrogens with one attached hydrogen (secondary N) is 1. The molecule has 0 atom stereocenters. The summed E-state index contributed by atoms with van der Waals surface area (Å²) in [5, 5.41) is 2.99. The molecule has 0 aromatic heterocycles. The second-order valence-corrected chi connectivity index (χ2v) is 6.34. The Labute approximate surface area is 144 Å². The van der Waals surface area contributed by atoms with Crippen LogP contribution in [0.25, 0.3) is 0 Å². The molecule has 2 amide bonds. The Morgan fingerprint density at radius 2 is 1.88 bits per heavy atom. The summed E-state index contributed by atoms with van der Waals surface area (Å²) in [7, 11) is 0. The van der Waals surface area contributed by atoms with Crippen molar-refractivity contribution in [1.29, 1.82) is 0 Å². The van der Waals surface area contributed by atoms with Crippen LogP contribution in [0.5, 0.6) is 0 Å². The molecule has 0 saturated carbocycles. The van der Waals surface area contributed by atoms with Gasteiger partial charge in [0.25, 0.3) is 0 Å². The molecule has 132 valence electrons. The van der Waals surface area contributed by atoms with Gasteiger partial charge in [0.05, 0.1) is 6.54 Å². The third-order valence-corrected chi connectivity index (χ3v) is 4.57. The summed E-state index contributed by atoms with van der Waals surface area (Å²) in [6.07, 6.45) is 1.25. The van der Waals surface area contributed by atoms with Gasteiger partial charge < -0.3 is 16.0 Å². The van der Waals surface area contributed by atoms with E-state index in [1.54, 1.807) is 0 Å². The van der Waals surface area contributed by atoms with Crippen molar-refractivity contribution in [2.45, 2.75) is 26.7 Å². The van der Waals surface area contributed by atoms with Crippen LogP contribution in [-0.4, -0.2) is 60.9 Å². The van der Waals surface area contributed by atoms with Crippen molar-refractivity contribution in [3.05, 3.63) is 29.3 Å². The van der Waals surface area contributed by atoms with Crippen molar-refractivity contribution in [3.8, 4) is 0 Å². The average molecular weight is 332 g/mol. The summed E-state index contributed by atoms with van der Waals surface area (Å²) in [5.41, 5.74) is 8.58. The van der Waals surface area contributed by atoms with Gasteiger partial charge in [0, 0.05) is 38.3 Å². The largest absolute Gasteiger partial charge is 0.340 e.